The zero-order valence-electron chi connectivity index (χ0n) is 9.64. The summed E-state index contributed by atoms with van der Waals surface area (Å²) in [6, 6.07) is 1.35. The van der Waals surface area contributed by atoms with Crippen LogP contribution in [0.2, 0.25) is 0 Å². The monoisotopic (exact) mass is 244 g/mol. The molecule has 1 aliphatic rings. The molecule has 1 atom stereocenters. The minimum absolute atomic E-state index is 0.174. The second kappa shape index (κ2) is 5.06. The number of piperazine rings is 1. The predicted molar refractivity (Wildman–Crippen MR) is 59.2 cm³/mol. The van der Waals surface area contributed by atoms with Gasteiger partial charge < -0.3 is 5.32 Å². The number of halogens is 3. The Morgan fingerprint density at radius 2 is 1.71 bits per heavy atom. The Balaban J connectivity index is 2.29. The normalized spacial score (nSPS) is 19.3. The van der Waals surface area contributed by atoms with Crippen LogP contribution in [0.25, 0.3) is 0 Å². The van der Waals surface area contributed by atoms with Gasteiger partial charge in [0.1, 0.15) is 5.82 Å². The van der Waals surface area contributed by atoms with Crippen LogP contribution in [-0.2, 0) is 0 Å². The van der Waals surface area contributed by atoms with E-state index in [4.69, 9.17) is 0 Å². The molecule has 0 bridgehead atoms. The topological polar surface area (TPSA) is 15.3 Å². The molecule has 1 aromatic carbocycles. The molecule has 1 heterocycles. The largest absolute Gasteiger partial charge is 0.314 e. The van der Waals surface area contributed by atoms with E-state index in [0.29, 0.717) is 13.1 Å². The fraction of sp³-hybridized carbons (Fsp3) is 0.500. The summed E-state index contributed by atoms with van der Waals surface area (Å²) in [5, 5.41) is 3.16. The fourth-order valence-electron chi connectivity index (χ4n) is 2.18. The van der Waals surface area contributed by atoms with Crippen molar-refractivity contribution < 1.29 is 13.2 Å². The number of hydrogen-bond acceptors (Lipinski definition) is 2. The second-order valence-electron chi connectivity index (χ2n) is 4.22. The molecule has 1 saturated heterocycles. The minimum atomic E-state index is -1.07. The summed E-state index contributed by atoms with van der Waals surface area (Å²) in [4.78, 5) is 1.94. The Morgan fingerprint density at radius 3 is 2.35 bits per heavy atom. The van der Waals surface area contributed by atoms with Crippen LogP contribution in [0.1, 0.15) is 18.5 Å². The standard InChI is InChI=1S/C12H15F3N2/c1-8(17-6-4-16-5-7-17)11-9(13)2-3-10(14)12(11)15/h2-3,8,16H,4-7H2,1H3/t8-/m1/s1. The van der Waals surface area contributed by atoms with Gasteiger partial charge in [-0.2, -0.15) is 0 Å². The van der Waals surface area contributed by atoms with Gasteiger partial charge in [0.05, 0.1) is 0 Å². The molecule has 0 aromatic heterocycles. The van der Waals surface area contributed by atoms with Crippen molar-refractivity contribution in [1.82, 2.24) is 10.2 Å². The van der Waals surface area contributed by atoms with E-state index in [-0.39, 0.29) is 5.56 Å². The molecule has 0 radical (unpaired) electrons. The molecule has 1 aromatic rings. The SMILES string of the molecule is C[C@H](c1c(F)ccc(F)c1F)N1CCNCC1. The van der Waals surface area contributed by atoms with E-state index >= 15 is 0 Å². The summed E-state index contributed by atoms with van der Waals surface area (Å²) in [6.45, 7) is 4.67. The Hall–Kier alpha value is -1.07. The maximum atomic E-state index is 13.6. The molecule has 1 N–H and O–H groups in total. The van der Waals surface area contributed by atoms with E-state index in [1.165, 1.54) is 0 Å². The summed E-state index contributed by atoms with van der Waals surface area (Å²) >= 11 is 0. The van der Waals surface area contributed by atoms with Gasteiger partial charge in [-0.3, -0.25) is 4.90 Å². The Morgan fingerprint density at radius 1 is 1.12 bits per heavy atom. The zero-order valence-corrected chi connectivity index (χ0v) is 9.64. The Bertz CT molecular complexity index is 403. The van der Waals surface area contributed by atoms with Gasteiger partial charge in [0, 0.05) is 37.8 Å². The van der Waals surface area contributed by atoms with Crippen molar-refractivity contribution in [2.75, 3.05) is 26.2 Å². The van der Waals surface area contributed by atoms with E-state index in [1.54, 1.807) is 6.92 Å². The molecular formula is C12H15F3N2. The quantitative estimate of drug-likeness (QED) is 0.801. The average molecular weight is 244 g/mol. The van der Waals surface area contributed by atoms with Gasteiger partial charge in [0.25, 0.3) is 0 Å². The zero-order chi connectivity index (χ0) is 12.4. The van der Waals surface area contributed by atoms with Gasteiger partial charge >= 0.3 is 0 Å². The lowest BCUT2D eigenvalue weighted by atomic mass is 10.0. The molecule has 1 aliphatic heterocycles. The summed E-state index contributed by atoms with van der Waals surface area (Å²) in [6.07, 6.45) is 0. The third-order valence-corrected chi connectivity index (χ3v) is 3.20. The first-order chi connectivity index (χ1) is 8.11. The van der Waals surface area contributed by atoms with Crippen LogP contribution in [0.15, 0.2) is 12.1 Å². The van der Waals surface area contributed by atoms with E-state index in [9.17, 15) is 13.2 Å². The number of nitrogens with one attached hydrogen (secondary N) is 1. The highest BCUT2D eigenvalue weighted by Crippen LogP contribution is 2.27. The van der Waals surface area contributed by atoms with Crippen LogP contribution < -0.4 is 5.32 Å². The van der Waals surface area contributed by atoms with Gasteiger partial charge in [0.2, 0.25) is 0 Å². The maximum Gasteiger partial charge on any atom is 0.166 e. The predicted octanol–water partition coefficient (Wildman–Crippen LogP) is 2.07. The molecule has 0 spiro atoms. The minimum Gasteiger partial charge on any atom is -0.314 e. The van der Waals surface area contributed by atoms with Crippen molar-refractivity contribution >= 4 is 0 Å². The molecule has 17 heavy (non-hydrogen) atoms. The lowest BCUT2D eigenvalue weighted by molar-refractivity contribution is 0.178. The number of hydrogen-bond donors (Lipinski definition) is 1. The van der Waals surface area contributed by atoms with Gasteiger partial charge in [-0.15, -0.1) is 0 Å². The summed E-state index contributed by atoms with van der Waals surface area (Å²) in [7, 11) is 0. The van der Waals surface area contributed by atoms with Crippen molar-refractivity contribution in [3.8, 4) is 0 Å². The molecule has 2 nitrogen and oxygen atoms in total. The first-order valence-electron chi connectivity index (χ1n) is 5.69. The summed E-state index contributed by atoms with van der Waals surface area (Å²) < 4.78 is 40.3. The van der Waals surface area contributed by atoms with Gasteiger partial charge in [-0.1, -0.05) is 0 Å². The third kappa shape index (κ3) is 2.45. The fourth-order valence-corrected chi connectivity index (χ4v) is 2.18. The van der Waals surface area contributed by atoms with Crippen molar-refractivity contribution in [3.05, 3.63) is 35.1 Å². The number of rotatable bonds is 2. The van der Waals surface area contributed by atoms with E-state index in [2.05, 4.69) is 5.32 Å². The summed E-state index contributed by atoms with van der Waals surface area (Å²) in [5.74, 6) is -2.76. The molecule has 0 amide bonds. The molecule has 0 unspecified atom stereocenters. The van der Waals surface area contributed by atoms with Crippen LogP contribution in [0.5, 0.6) is 0 Å². The Labute approximate surface area is 98.4 Å². The summed E-state index contributed by atoms with van der Waals surface area (Å²) in [5.41, 5.74) is -0.174. The van der Waals surface area contributed by atoms with Gasteiger partial charge in [0.15, 0.2) is 11.6 Å². The smallest absolute Gasteiger partial charge is 0.166 e. The first kappa shape index (κ1) is 12.4. The van der Waals surface area contributed by atoms with Crippen LogP contribution in [0.3, 0.4) is 0 Å². The molecule has 0 saturated carbocycles. The third-order valence-electron chi connectivity index (χ3n) is 3.20. The van der Waals surface area contributed by atoms with E-state index in [1.807, 2.05) is 4.90 Å². The Kier molecular flexibility index (Phi) is 3.69. The lowest BCUT2D eigenvalue weighted by Crippen LogP contribution is -2.44. The van der Waals surface area contributed by atoms with Gasteiger partial charge in [-0.05, 0) is 19.1 Å². The van der Waals surface area contributed by atoms with E-state index < -0.39 is 23.5 Å². The van der Waals surface area contributed by atoms with Crippen molar-refractivity contribution in [2.45, 2.75) is 13.0 Å². The average Bonchev–Trinajstić information content (AvgIpc) is 2.35. The van der Waals surface area contributed by atoms with Gasteiger partial charge in [-0.25, -0.2) is 13.2 Å². The van der Waals surface area contributed by atoms with Crippen molar-refractivity contribution in [3.63, 3.8) is 0 Å². The molecule has 2 rings (SSSR count). The molecule has 0 aliphatic carbocycles. The molecular weight excluding hydrogens is 229 g/mol. The number of benzene rings is 1. The van der Waals surface area contributed by atoms with Crippen LogP contribution in [-0.4, -0.2) is 31.1 Å². The van der Waals surface area contributed by atoms with Crippen LogP contribution in [0, 0.1) is 17.5 Å². The van der Waals surface area contributed by atoms with Crippen LogP contribution in [0.4, 0.5) is 13.2 Å². The second-order valence-corrected chi connectivity index (χ2v) is 4.22. The molecule has 94 valence electrons. The highest BCUT2D eigenvalue weighted by atomic mass is 19.2. The van der Waals surface area contributed by atoms with Crippen molar-refractivity contribution in [1.29, 1.82) is 0 Å². The first-order valence-corrected chi connectivity index (χ1v) is 5.69. The van der Waals surface area contributed by atoms with Crippen LogP contribution >= 0.6 is 0 Å². The molecule has 1 fully saturated rings. The highest BCUT2D eigenvalue weighted by molar-refractivity contribution is 5.24. The molecule has 5 heteroatoms. The highest BCUT2D eigenvalue weighted by Gasteiger charge is 2.25. The van der Waals surface area contributed by atoms with E-state index in [0.717, 1.165) is 25.2 Å². The van der Waals surface area contributed by atoms with Crippen molar-refractivity contribution in [2.24, 2.45) is 0 Å². The lowest BCUT2D eigenvalue weighted by Gasteiger charge is -2.33. The number of nitrogens with zero attached hydrogens (tertiary/aromatic N) is 1. The maximum absolute atomic E-state index is 13.6.